The van der Waals surface area contributed by atoms with Crippen LogP contribution >= 0.6 is 0 Å². The Morgan fingerprint density at radius 1 is 0.463 bits per heavy atom. The van der Waals surface area contributed by atoms with E-state index in [1.54, 1.807) is 0 Å². The van der Waals surface area contributed by atoms with Gasteiger partial charge in [-0.15, -0.1) is 0 Å². The number of nitrogens with two attached hydrogens (primary N) is 3. The fourth-order valence-corrected chi connectivity index (χ4v) is 5.24. The predicted octanol–water partition coefficient (Wildman–Crippen LogP) is -1.66. The second-order valence-electron chi connectivity index (χ2n) is 14.7. The standard InChI is InChI=1S/C36H68N10O8/c1-20(2)17-26(39)33(51)45-28(14-10-12-16-38)35(53)42-25(8)32(50)46-29(18-21(3)4)36(54)43-24(7)31(49)44-27(13-9-11-15-37)34(52)41-23(6)30(48)40-22(5)19-47/h19-29H,9-18,37-39H2,1-8H3,(H,40,48)(H,41,52)(H,42,53)(H,43,54)(H,44,49)(H,45,51)(H,46,50)/t22-,23-,24-,25-,26-,27-,28-,29-/m1/s1. The zero-order valence-electron chi connectivity index (χ0n) is 33.4. The van der Waals surface area contributed by atoms with E-state index in [0.29, 0.717) is 51.5 Å². The molecule has 0 radical (unpaired) electrons. The lowest BCUT2D eigenvalue weighted by Crippen LogP contribution is -2.59. The van der Waals surface area contributed by atoms with Crippen molar-refractivity contribution < 1.29 is 38.4 Å². The molecule has 0 bridgehead atoms. The molecule has 0 saturated heterocycles. The summed E-state index contributed by atoms with van der Waals surface area (Å²) in [4.78, 5) is 102. The highest BCUT2D eigenvalue weighted by Crippen LogP contribution is 2.09. The number of unbranched alkanes of at least 4 members (excludes halogenated alkanes) is 2. The van der Waals surface area contributed by atoms with Crippen molar-refractivity contribution in [3.63, 3.8) is 0 Å². The van der Waals surface area contributed by atoms with E-state index in [1.165, 1.54) is 27.7 Å². The maximum absolute atomic E-state index is 13.4. The number of hydrogen-bond acceptors (Lipinski definition) is 11. The fourth-order valence-electron chi connectivity index (χ4n) is 5.24. The lowest BCUT2D eigenvalue weighted by Gasteiger charge is -2.26. The Bertz CT molecular complexity index is 1230. The highest BCUT2D eigenvalue weighted by Gasteiger charge is 2.31. The number of hydrogen-bond donors (Lipinski definition) is 10. The molecule has 0 heterocycles. The molecule has 0 saturated carbocycles. The van der Waals surface area contributed by atoms with Gasteiger partial charge >= 0.3 is 0 Å². The van der Waals surface area contributed by atoms with Gasteiger partial charge in [-0.1, -0.05) is 27.7 Å². The van der Waals surface area contributed by atoms with E-state index in [-0.39, 0.29) is 31.1 Å². The van der Waals surface area contributed by atoms with E-state index in [0.717, 1.165) is 0 Å². The van der Waals surface area contributed by atoms with Gasteiger partial charge in [0.1, 0.15) is 42.5 Å². The van der Waals surface area contributed by atoms with E-state index in [4.69, 9.17) is 17.2 Å². The molecule has 8 atom stereocenters. The summed E-state index contributed by atoms with van der Waals surface area (Å²) in [6.45, 7) is 14.1. The van der Waals surface area contributed by atoms with Crippen molar-refractivity contribution in [1.82, 2.24) is 37.2 Å². The maximum Gasteiger partial charge on any atom is 0.243 e. The highest BCUT2D eigenvalue weighted by molar-refractivity contribution is 5.97. The van der Waals surface area contributed by atoms with Gasteiger partial charge in [0.25, 0.3) is 0 Å². The summed E-state index contributed by atoms with van der Waals surface area (Å²) < 4.78 is 0. The number of carbonyl (C=O) groups excluding carboxylic acids is 8. The SMILES string of the molecule is CC(C)C[C@@H](N)C(=O)N[C@H](CCCCN)C(=O)N[C@H](C)C(=O)N[C@H](CC(C)C)C(=O)N[C@H](C)C(=O)N[C@H](CCCCN)C(=O)N[C@H](C)C(=O)N[C@H](C)C=O. The number of nitrogens with one attached hydrogen (secondary N) is 7. The average molecular weight is 769 g/mol. The summed E-state index contributed by atoms with van der Waals surface area (Å²) in [6.07, 6.45) is 3.89. The minimum absolute atomic E-state index is 0.0587. The van der Waals surface area contributed by atoms with Crippen LogP contribution in [0.15, 0.2) is 0 Å². The van der Waals surface area contributed by atoms with Gasteiger partial charge in [-0.3, -0.25) is 33.6 Å². The summed E-state index contributed by atoms with van der Waals surface area (Å²) in [5, 5.41) is 18.2. The Hall–Kier alpha value is -4.16. The molecule has 54 heavy (non-hydrogen) atoms. The molecule has 0 aromatic heterocycles. The van der Waals surface area contributed by atoms with Crippen molar-refractivity contribution in [3.8, 4) is 0 Å². The van der Waals surface area contributed by atoms with Crippen molar-refractivity contribution >= 4 is 47.6 Å². The second-order valence-corrected chi connectivity index (χ2v) is 14.7. The molecule has 310 valence electrons. The number of rotatable bonds is 27. The maximum atomic E-state index is 13.4. The monoisotopic (exact) mass is 769 g/mol. The van der Waals surface area contributed by atoms with Gasteiger partial charge in [-0.2, -0.15) is 0 Å². The molecule has 7 amide bonds. The molecule has 18 nitrogen and oxygen atoms in total. The van der Waals surface area contributed by atoms with Crippen molar-refractivity contribution in [2.24, 2.45) is 29.0 Å². The Morgan fingerprint density at radius 2 is 0.815 bits per heavy atom. The number of amides is 7. The van der Waals surface area contributed by atoms with Gasteiger partial charge in [0.2, 0.25) is 41.4 Å². The Balaban J connectivity index is 5.67. The molecule has 0 aliphatic heterocycles. The molecule has 0 aliphatic rings. The summed E-state index contributed by atoms with van der Waals surface area (Å²) in [7, 11) is 0. The molecule has 0 rings (SSSR count). The van der Waals surface area contributed by atoms with Crippen LogP contribution < -0.4 is 54.4 Å². The van der Waals surface area contributed by atoms with Crippen molar-refractivity contribution in [2.75, 3.05) is 13.1 Å². The van der Waals surface area contributed by atoms with Crippen LogP contribution in [0.25, 0.3) is 0 Å². The molecule has 0 aliphatic carbocycles. The lowest BCUT2D eigenvalue weighted by molar-refractivity contribution is -0.135. The minimum Gasteiger partial charge on any atom is -0.345 e. The molecule has 0 spiro atoms. The average Bonchev–Trinajstić information content (AvgIpc) is 3.09. The first-order valence-electron chi connectivity index (χ1n) is 19.0. The molecule has 0 aromatic rings. The van der Waals surface area contributed by atoms with E-state index in [9.17, 15) is 38.4 Å². The third-order valence-electron chi connectivity index (χ3n) is 8.39. The van der Waals surface area contributed by atoms with E-state index in [2.05, 4.69) is 37.2 Å². The molecule has 0 unspecified atom stereocenters. The molecule has 18 heteroatoms. The molecular weight excluding hydrogens is 700 g/mol. The van der Waals surface area contributed by atoms with Crippen LogP contribution in [-0.4, -0.2) is 109 Å². The first kappa shape index (κ1) is 49.8. The van der Waals surface area contributed by atoms with Crippen LogP contribution in [0.4, 0.5) is 0 Å². The number of aldehydes is 1. The quantitative estimate of drug-likeness (QED) is 0.0333. The fraction of sp³-hybridized carbons (Fsp3) is 0.778. The Labute approximate surface area is 320 Å². The van der Waals surface area contributed by atoms with Gasteiger partial charge in [0.15, 0.2) is 0 Å². The number of carbonyl (C=O) groups is 8. The second kappa shape index (κ2) is 26.6. The van der Waals surface area contributed by atoms with Gasteiger partial charge in [-0.25, -0.2) is 0 Å². The summed E-state index contributed by atoms with van der Waals surface area (Å²) in [5.41, 5.74) is 17.2. The van der Waals surface area contributed by atoms with Gasteiger partial charge in [0, 0.05) is 0 Å². The van der Waals surface area contributed by atoms with Crippen LogP contribution in [-0.2, 0) is 38.4 Å². The molecule has 0 fully saturated rings. The molecule has 13 N–H and O–H groups in total. The Morgan fingerprint density at radius 3 is 1.19 bits per heavy atom. The third kappa shape index (κ3) is 20.3. The van der Waals surface area contributed by atoms with Crippen molar-refractivity contribution in [3.05, 3.63) is 0 Å². The predicted molar refractivity (Wildman–Crippen MR) is 205 cm³/mol. The zero-order valence-corrected chi connectivity index (χ0v) is 33.4. The van der Waals surface area contributed by atoms with E-state index in [1.807, 2.05) is 27.7 Å². The first-order valence-corrected chi connectivity index (χ1v) is 19.0. The van der Waals surface area contributed by atoms with E-state index >= 15 is 0 Å². The van der Waals surface area contributed by atoms with Gasteiger partial charge in [0.05, 0.1) is 12.1 Å². The van der Waals surface area contributed by atoms with Crippen molar-refractivity contribution in [1.29, 1.82) is 0 Å². The summed E-state index contributed by atoms with van der Waals surface area (Å²) in [5.74, 6) is -4.20. The summed E-state index contributed by atoms with van der Waals surface area (Å²) in [6, 6.07) is -7.92. The van der Waals surface area contributed by atoms with Crippen LogP contribution in [0.5, 0.6) is 0 Å². The molecular formula is C36H68N10O8. The largest absolute Gasteiger partial charge is 0.345 e. The normalized spacial score (nSPS) is 15.6. The summed E-state index contributed by atoms with van der Waals surface area (Å²) >= 11 is 0. The van der Waals surface area contributed by atoms with Crippen LogP contribution in [0.3, 0.4) is 0 Å². The van der Waals surface area contributed by atoms with Crippen LogP contribution in [0.1, 0.15) is 107 Å². The van der Waals surface area contributed by atoms with Gasteiger partial charge in [-0.05, 0) is 104 Å². The highest BCUT2D eigenvalue weighted by atomic mass is 16.2. The van der Waals surface area contributed by atoms with E-state index < -0.39 is 89.7 Å². The smallest absolute Gasteiger partial charge is 0.243 e. The third-order valence-corrected chi connectivity index (χ3v) is 8.39. The van der Waals surface area contributed by atoms with Gasteiger partial charge < -0.3 is 59.2 Å². The Kier molecular flexibility index (Phi) is 24.5. The van der Waals surface area contributed by atoms with Crippen molar-refractivity contribution in [2.45, 2.75) is 155 Å². The topological polar surface area (TPSA) is 299 Å². The first-order chi connectivity index (χ1) is 25.3. The van der Waals surface area contributed by atoms with Crippen LogP contribution in [0, 0.1) is 11.8 Å². The zero-order chi connectivity index (χ0) is 41.5. The van der Waals surface area contributed by atoms with Crippen LogP contribution in [0.2, 0.25) is 0 Å². The molecule has 0 aromatic carbocycles. The minimum atomic E-state index is -1.14. The lowest BCUT2D eigenvalue weighted by atomic mass is 10.0.